The highest BCUT2D eigenvalue weighted by molar-refractivity contribution is 5.91. The van der Waals surface area contributed by atoms with Crippen LogP contribution in [0.3, 0.4) is 0 Å². The van der Waals surface area contributed by atoms with Gasteiger partial charge in [0.15, 0.2) is 6.61 Å². The maximum Gasteiger partial charge on any atom is 0.416 e. The second-order valence-electron chi connectivity index (χ2n) is 6.77. The maximum atomic E-state index is 14.4. The average Bonchev–Trinajstić information content (AvgIpc) is 3.24. The smallest absolute Gasteiger partial charge is 0.416 e. The summed E-state index contributed by atoms with van der Waals surface area (Å²) in [6.45, 7) is 0.913. The number of alkyl halides is 3. The molecule has 0 fully saturated rings. The molecule has 0 bridgehead atoms. The van der Waals surface area contributed by atoms with Crippen LogP contribution < -0.4 is 5.32 Å². The zero-order chi connectivity index (χ0) is 24.0. The first-order valence-corrected chi connectivity index (χ1v) is 9.50. The summed E-state index contributed by atoms with van der Waals surface area (Å²) in [4.78, 5) is 26.8. The molecule has 11 heteroatoms. The van der Waals surface area contributed by atoms with Gasteiger partial charge < -0.3 is 14.6 Å². The van der Waals surface area contributed by atoms with E-state index >= 15 is 0 Å². The third-order valence-corrected chi connectivity index (χ3v) is 4.30. The highest BCUT2D eigenvalue weighted by Gasteiger charge is 2.29. The number of amides is 1. The molecular formula is C22H17F4N3O4. The van der Waals surface area contributed by atoms with Gasteiger partial charge in [0.1, 0.15) is 5.82 Å². The SMILES string of the molecule is CC(=O)OCc1nc(-c2ccc(CNC(=O)/C=C/c3ccc(C(F)(F)F)cc3)c(F)c2)no1. The first-order chi connectivity index (χ1) is 15.6. The zero-order valence-electron chi connectivity index (χ0n) is 17.1. The lowest BCUT2D eigenvalue weighted by atomic mass is 10.1. The van der Waals surface area contributed by atoms with Gasteiger partial charge in [0.25, 0.3) is 5.89 Å². The predicted molar refractivity (Wildman–Crippen MR) is 107 cm³/mol. The van der Waals surface area contributed by atoms with Crippen LogP contribution in [0, 0.1) is 5.82 Å². The third-order valence-electron chi connectivity index (χ3n) is 4.30. The monoisotopic (exact) mass is 463 g/mol. The first kappa shape index (κ1) is 23.6. The van der Waals surface area contributed by atoms with Crippen LogP contribution in [0.25, 0.3) is 17.5 Å². The van der Waals surface area contributed by atoms with E-state index in [-0.39, 0.29) is 30.4 Å². The summed E-state index contributed by atoms with van der Waals surface area (Å²) >= 11 is 0. The number of hydrogen-bond acceptors (Lipinski definition) is 6. The Morgan fingerprint density at radius 3 is 2.52 bits per heavy atom. The molecule has 172 valence electrons. The van der Waals surface area contributed by atoms with Crippen LogP contribution in [0.15, 0.2) is 53.1 Å². The quantitative estimate of drug-likeness (QED) is 0.319. The van der Waals surface area contributed by atoms with E-state index in [0.29, 0.717) is 11.1 Å². The molecule has 3 rings (SSSR count). The standard InChI is InChI=1S/C22H17F4N3O4/c1-13(30)32-12-20-28-21(29-33-20)15-5-6-16(18(23)10-15)11-27-19(31)9-4-14-2-7-17(8-3-14)22(24,25)26/h2-10H,11-12H2,1H3,(H,27,31)/b9-4+. The van der Waals surface area contributed by atoms with Crippen molar-refractivity contribution in [2.45, 2.75) is 26.3 Å². The molecule has 0 aliphatic rings. The molecule has 7 nitrogen and oxygen atoms in total. The molecule has 1 aromatic heterocycles. The molecular weight excluding hydrogens is 446 g/mol. The van der Waals surface area contributed by atoms with E-state index in [1.54, 1.807) is 0 Å². The number of carbonyl (C=O) groups is 2. The topological polar surface area (TPSA) is 94.3 Å². The Morgan fingerprint density at radius 2 is 1.88 bits per heavy atom. The predicted octanol–water partition coefficient (Wildman–Crippen LogP) is 4.29. The highest BCUT2D eigenvalue weighted by Crippen LogP contribution is 2.29. The van der Waals surface area contributed by atoms with Gasteiger partial charge in [-0.15, -0.1) is 0 Å². The van der Waals surface area contributed by atoms with Crippen molar-refractivity contribution in [3.05, 3.63) is 76.9 Å². The summed E-state index contributed by atoms with van der Waals surface area (Å²) in [5, 5.41) is 6.19. The largest absolute Gasteiger partial charge is 0.456 e. The summed E-state index contributed by atoms with van der Waals surface area (Å²) in [6, 6.07) is 8.44. The molecule has 0 radical (unpaired) electrons. The second kappa shape index (κ2) is 10.1. The van der Waals surface area contributed by atoms with Gasteiger partial charge in [0.05, 0.1) is 5.56 Å². The Morgan fingerprint density at radius 1 is 1.15 bits per heavy atom. The van der Waals surface area contributed by atoms with Crippen molar-refractivity contribution in [2.75, 3.05) is 0 Å². The molecule has 1 N–H and O–H groups in total. The van der Waals surface area contributed by atoms with Crippen LogP contribution in [-0.4, -0.2) is 22.0 Å². The van der Waals surface area contributed by atoms with Crippen LogP contribution in [0.1, 0.15) is 29.5 Å². The summed E-state index contributed by atoms with van der Waals surface area (Å²) in [5.41, 5.74) is 0.132. The maximum absolute atomic E-state index is 14.4. The lowest BCUT2D eigenvalue weighted by Crippen LogP contribution is -2.20. The van der Waals surface area contributed by atoms with Gasteiger partial charge in [-0.1, -0.05) is 29.4 Å². The molecule has 0 aliphatic heterocycles. The van der Waals surface area contributed by atoms with Crippen molar-refractivity contribution < 1.29 is 36.4 Å². The molecule has 33 heavy (non-hydrogen) atoms. The van der Waals surface area contributed by atoms with Crippen molar-refractivity contribution in [1.82, 2.24) is 15.5 Å². The minimum Gasteiger partial charge on any atom is -0.456 e. The minimum absolute atomic E-state index is 0.0526. The van der Waals surface area contributed by atoms with Crippen LogP contribution in [0.2, 0.25) is 0 Å². The molecule has 0 unspecified atom stereocenters. The fourth-order valence-electron chi connectivity index (χ4n) is 2.62. The van der Waals surface area contributed by atoms with Gasteiger partial charge in [-0.25, -0.2) is 4.39 Å². The van der Waals surface area contributed by atoms with Gasteiger partial charge >= 0.3 is 12.1 Å². The van der Waals surface area contributed by atoms with E-state index in [2.05, 4.69) is 15.5 Å². The number of rotatable bonds is 7. The molecule has 2 aromatic carbocycles. The van der Waals surface area contributed by atoms with Crippen molar-refractivity contribution in [3.63, 3.8) is 0 Å². The van der Waals surface area contributed by atoms with Crippen molar-refractivity contribution in [2.24, 2.45) is 0 Å². The van der Waals surface area contributed by atoms with E-state index < -0.39 is 29.4 Å². The Balaban J connectivity index is 1.56. The number of carbonyl (C=O) groups excluding carboxylic acids is 2. The second-order valence-corrected chi connectivity index (χ2v) is 6.77. The van der Waals surface area contributed by atoms with Crippen molar-refractivity contribution >= 4 is 18.0 Å². The van der Waals surface area contributed by atoms with Crippen LogP contribution in [-0.2, 0) is 33.7 Å². The van der Waals surface area contributed by atoms with Gasteiger partial charge in [0, 0.05) is 30.7 Å². The molecule has 0 aliphatic carbocycles. The lowest BCUT2D eigenvalue weighted by molar-refractivity contribution is -0.143. The summed E-state index contributed by atoms with van der Waals surface area (Å²) in [7, 11) is 0. The van der Waals surface area contributed by atoms with Gasteiger partial charge in [-0.3, -0.25) is 9.59 Å². The van der Waals surface area contributed by atoms with E-state index in [1.807, 2.05) is 0 Å². The fourth-order valence-corrected chi connectivity index (χ4v) is 2.62. The van der Waals surface area contributed by atoms with Crippen LogP contribution in [0.4, 0.5) is 17.6 Å². The fraction of sp³-hybridized carbons (Fsp3) is 0.182. The van der Waals surface area contributed by atoms with Crippen molar-refractivity contribution in [1.29, 1.82) is 0 Å². The Bertz CT molecular complexity index is 1170. The van der Waals surface area contributed by atoms with Crippen LogP contribution >= 0.6 is 0 Å². The number of nitrogens with zero attached hydrogens (tertiary/aromatic N) is 2. The number of aromatic nitrogens is 2. The molecule has 3 aromatic rings. The number of hydrogen-bond donors (Lipinski definition) is 1. The average molecular weight is 463 g/mol. The molecule has 1 heterocycles. The number of nitrogens with one attached hydrogen (secondary N) is 1. The molecule has 1 amide bonds. The minimum atomic E-state index is -4.44. The molecule has 0 saturated heterocycles. The number of halogens is 4. The molecule has 0 atom stereocenters. The van der Waals surface area contributed by atoms with Crippen LogP contribution in [0.5, 0.6) is 0 Å². The van der Waals surface area contributed by atoms with E-state index in [1.165, 1.54) is 43.3 Å². The van der Waals surface area contributed by atoms with E-state index in [0.717, 1.165) is 18.2 Å². The normalized spacial score (nSPS) is 11.5. The van der Waals surface area contributed by atoms with E-state index in [4.69, 9.17) is 9.26 Å². The first-order valence-electron chi connectivity index (χ1n) is 9.50. The van der Waals surface area contributed by atoms with E-state index in [9.17, 15) is 27.2 Å². The summed E-state index contributed by atoms with van der Waals surface area (Å²) in [5.74, 6) is -1.53. The van der Waals surface area contributed by atoms with Gasteiger partial charge in [0.2, 0.25) is 11.7 Å². The Labute approximate surface area is 185 Å². The summed E-state index contributed by atoms with van der Waals surface area (Å²) < 4.78 is 61.8. The molecule has 0 saturated carbocycles. The van der Waals surface area contributed by atoms with Gasteiger partial charge in [-0.2, -0.15) is 18.2 Å². The lowest BCUT2D eigenvalue weighted by Gasteiger charge is -2.06. The Hall–Kier alpha value is -4.02. The van der Waals surface area contributed by atoms with Crippen molar-refractivity contribution in [3.8, 4) is 11.4 Å². The number of esters is 1. The highest BCUT2D eigenvalue weighted by atomic mass is 19.4. The zero-order valence-corrected chi connectivity index (χ0v) is 17.1. The number of ether oxygens (including phenoxy) is 1. The summed E-state index contributed by atoms with van der Waals surface area (Å²) in [6.07, 6.45) is -1.95. The molecule has 0 spiro atoms. The Kier molecular flexibility index (Phi) is 7.21. The number of benzene rings is 2. The van der Waals surface area contributed by atoms with Gasteiger partial charge in [-0.05, 0) is 29.8 Å². The third kappa shape index (κ3) is 6.73.